The Kier molecular flexibility index (Phi) is 5.27. The molecular formula is C19H16N2O6S. The van der Waals surface area contributed by atoms with Gasteiger partial charge in [0.2, 0.25) is 0 Å². The van der Waals surface area contributed by atoms with E-state index < -0.39 is 11.7 Å². The summed E-state index contributed by atoms with van der Waals surface area (Å²) in [4.78, 5) is 29.8. The normalized spacial score (nSPS) is 16.9. The van der Waals surface area contributed by atoms with E-state index in [1.807, 2.05) is 0 Å². The number of likely N-dealkylation sites (N-methyl/N-ethyl adjacent to an activating group) is 1. The van der Waals surface area contributed by atoms with E-state index in [0.29, 0.717) is 27.9 Å². The number of hydrogen-bond acceptors (Lipinski definition) is 7. The predicted molar refractivity (Wildman–Crippen MR) is 105 cm³/mol. The summed E-state index contributed by atoms with van der Waals surface area (Å²) in [5.41, 5.74) is 0.603. The first kappa shape index (κ1) is 19.3. The molecule has 144 valence electrons. The predicted octanol–water partition coefficient (Wildman–Crippen LogP) is 3.13. The van der Waals surface area contributed by atoms with Crippen LogP contribution in [0.4, 0.5) is 5.69 Å². The first-order valence-electron chi connectivity index (χ1n) is 8.18. The lowest BCUT2D eigenvalue weighted by atomic mass is 10.2. The van der Waals surface area contributed by atoms with E-state index in [9.17, 15) is 24.9 Å². The Labute approximate surface area is 164 Å². The first-order valence-corrected chi connectivity index (χ1v) is 9.00. The molecule has 0 spiro atoms. The van der Waals surface area contributed by atoms with Gasteiger partial charge in [-0.2, -0.15) is 0 Å². The highest BCUT2D eigenvalue weighted by Gasteiger charge is 2.32. The number of benzene rings is 2. The number of aromatic carboxylic acids is 1. The molecule has 3 rings (SSSR count). The quantitative estimate of drug-likeness (QED) is 0.458. The summed E-state index contributed by atoms with van der Waals surface area (Å²) in [5, 5.41) is 38.2. The molecular weight excluding hydrogens is 384 g/mol. The standard InChI is InChI=1S/C19H16N2O6S/c1-2-21-17(25)16(8-10-3-6-13(22)15(24)7-10)28-19(21)20-11-4-5-12(18(26)27)14(23)9-11/h3-9,22-24H,2H2,1H3,(H,26,27)/b16-8-,20-19?. The van der Waals surface area contributed by atoms with Crippen LogP contribution in [0.1, 0.15) is 22.8 Å². The summed E-state index contributed by atoms with van der Waals surface area (Å²) in [6.45, 7) is 2.15. The monoisotopic (exact) mass is 400 g/mol. The zero-order valence-corrected chi connectivity index (χ0v) is 15.5. The van der Waals surface area contributed by atoms with Crippen molar-refractivity contribution in [2.24, 2.45) is 4.99 Å². The molecule has 1 amide bonds. The molecule has 0 aliphatic carbocycles. The average molecular weight is 400 g/mol. The third kappa shape index (κ3) is 3.79. The Hall–Kier alpha value is -3.46. The molecule has 0 radical (unpaired) electrons. The number of aliphatic imine (C=N–C) groups is 1. The first-order chi connectivity index (χ1) is 13.3. The maximum atomic E-state index is 12.6. The Balaban J connectivity index is 1.94. The Morgan fingerprint density at radius 2 is 1.86 bits per heavy atom. The molecule has 1 aliphatic heterocycles. The van der Waals surface area contributed by atoms with E-state index in [1.54, 1.807) is 19.1 Å². The number of carboxylic acid groups (broad SMARTS) is 1. The van der Waals surface area contributed by atoms with Crippen LogP contribution in [0, 0.1) is 0 Å². The highest BCUT2D eigenvalue weighted by molar-refractivity contribution is 8.18. The van der Waals surface area contributed by atoms with E-state index in [1.165, 1.54) is 35.2 Å². The minimum absolute atomic E-state index is 0.237. The number of amides is 1. The van der Waals surface area contributed by atoms with Crippen molar-refractivity contribution >= 4 is 40.6 Å². The molecule has 1 saturated heterocycles. The summed E-state index contributed by atoms with van der Waals surface area (Å²) in [5.74, 6) is -2.48. The summed E-state index contributed by atoms with van der Waals surface area (Å²) >= 11 is 1.11. The van der Waals surface area contributed by atoms with E-state index in [4.69, 9.17) is 5.11 Å². The lowest BCUT2D eigenvalue weighted by molar-refractivity contribution is -0.122. The molecule has 2 aromatic rings. The minimum atomic E-state index is -1.25. The van der Waals surface area contributed by atoms with Gasteiger partial charge in [-0.15, -0.1) is 0 Å². The molecule has 9 heteroatoms. The molecule has 0 saturated carbocycles. The molecule has 4 N–H and O–H groups in total. The molecule has 1 aliphatic rings. The van der Waals surface area contributed by atoms with Gasteiger partial charge in [0, 0.05) is 12.6 Å². The van der Waals surface area contributed by atoms with Gasteiger partial charge in [0.1, 0.15) is 11.3 Å². The van der Waals surface area contributed by atoms with Crippen LogP contribution in [0.15, 0.2) is 46.3 Å². The fourth-order valence-corrected chi connectivity index (χ4v) is 3.60. The molecule has 8 nitrogen and oxygen atoms in total. The smallest absolute Gasteiger partial charge is 0.339 e. The summed E-state index contributed by atoms with van der Waals surface area (Å²) in [6.07, 6.45) is 1.57. The number of hydrogen-bond donors (Lipinski definition) is 4. The Bertz CT molecular complexity index is 1030. The molecule has 0 atom stereocenters. The molecule has 0 bridgehead atoms. The van der Waals surface area contributed by atoms with Crippen molar-refractivity contribution in [3.05, 3.63) is 52.4 Å². The molecule has 1 heterocycles. The lowest BCUT2D eigenvalue weighted by Gasteiger charge is -2.12. The number of phenolic OH excluding ortho intramolecular Hbond substituents is 2. The second kappa shape index (κ2) is 7.65. The van der Waals surface area contributed by atoms with Gasteiger partial charge in [0.05, 0.1) is 10.6 Å². The van der Waals surface area contributed by atoms with Crippen LogP contribution in [0.25, 0.3) is 6.08 Å². The van der Waals surface area contributed by atoms with Crippen molar-refractivity contribution in [1.82, 2.24) is 4.90 Å². The van der Waals surface area contributed by atoms with Crippen molar-refractivity contribution in [2.45, 2.75) is 6.92 Å². The SMILES string of the molecule is CCN1C(=O)/C(=C/c2ccc(O)c(O)c2)SC1=Nc1ccc(C(=O)O)c(O)c1. The Morgan fingerprint density at radius 3 is 2.46 bits per heavy atom. The van der Waals surface area contributed by atoms with Crippen LogP contribution in [-0.4, -0.2) is 48.9 Å². The van der Waals surface area contributed by atoms with Gasteiger partial charge in [0.25, 0.3) is 5.91 Å². The summed E-state index contributed by atoms with van der Waals surface area (Å²) < 4.78 is 0. The van der Waals surface area contributed by atoms with Gasteiger partial charge < -0.3 is 20.4 Å². The van der Waals surface area contributed by atoms with Crippen LogP contribution >= 0.6 is 11.8 Å². The van der Waals surface area contributed by atoms with Crippen molar-refractivity contribution in [3.63, 3.8) is 0 Å². The van der Waals surface area contributed by atoms with E-state index in [2.05, 4.69) is 4.99 Å². The van der Waals surface area contributed by atoms with E-state index >= 15 is 0 Å². The number of phenols is 3. The number of rotatable bonds is 4. The third-order valence-electron chi connectivity index (χ3n) is 3.94. The molecule has 0 aromatic heterocycles. The van der Waals surface area contributed by atoms with Crippen molar-refractivity contribution in [3.8, 4) is 17.2 Å². The lowest BCUT2D eigenvalue weighted by Crippen LogP contribution is -2.28. The van der Waals surface area contributed by atoms with Gasteiger partial charge in [-0.05, 0) is 54.6 Å². The minimum Gasteiger partial charge on any atom is -0.507 e. The number of carbonyl (C=O) groups excluding carboxylic acids is 1. The number of nitrogens with zero attached hydrogens (tertiary/aromatic N) is 2. The topological polar surface area (TPSA) is 131 Å². The second-order valence-electron chi connectivity index (χ2n) is 5.81. The zero-order chi connectivity index (χ0) is 20.4. The number of aromatic hydroxyl groups is 3. The second-order valence-corrected chi connectivity index (χ2v) is 6.82. The summed E-state index contributed by atoms with van der Waals surface area (Å²) in [6, 6.07) is 8.12. The number of amidine groups is 1. The molecule has 28 heavy (non-hydrogen) atoms. The number of carbonyl (C=O) groups is 2. The average Bonchev–Trinajstić information content (AvgIpc) is 2.92. The number of carboxylic acids is 1. The van der Waals surface area contributed by atoms with Crippen molar-refractivity contribution in [1.29, 1.82) is 0 Å². The summed E-state index contributed by atoms with van der Waals surface area (Å²) in [7, 11) is 0. The highest BCUT2D eigenvalue weighted by Crippen LogP contribution is 2.36. The van der Waals surface area contributed by atoms with Crippen molar-refractivity contribution in [2.75, 3.05) is 6.54 Å². The van der Waals surface area contributed by atoms with Crippen LogP contribution < -0.4 is 0 Å². The Morgan fingerprint density at radius 1 is 1.11 bits per heavy atom. The largest absolute Gasteiger partial charge is 0.507 e. The maximum Gasteiger partial charge on any atom is 0.339 e. The van der Waals surface area contributed by atoms with Gasteiger partial charge in [0.15, 0.2) is 16.7 Å². The van der Waals surface area contributed by atoms with Gasteiger partial charge in [-0.25, -0.2) is 9.79 Å². The van der Waals surface area contributed by atoms with Crippen LogP contribution in [0.2, 0.25) is 0 Å². The maximum absolute atomic E-state index is 12.6. The van der Waals surface area contributed by atoms with Gasteiger partial charge in [-0.1, -0.05) is 6.07 Å². The zero-order valence-electron chi connectivity index (χ0n) is 14.7. The molecule has 0 unspecified atom stereocenters. The van der Waals surface area contributed by atoms with E-state index in [0.717, 1.165) is 11.8 Å². The fourth-order valence-electron chi connectivity index (χ4n) is 2.53. The van der Waals surface area contributed by atoms with E-state index in [-0.39, 0.29) is 23.0 Å². The molecule has 1 fully saturated rings. The highest BCUT2D eigenvalue weighted by atomic mass is 32.2. The van der Waals surface area contributed by atoms with Crippen LogP contribution in [0.5, 0.6) is 17.2 Å². The van der Waals surface area contributed by atoms with Crippen LogP contribution in [-0.2, 0) is 4.79 Å². The van der Waals surface area contributed by atoms with Crippen LogP contribution in [0.3, 0.4) is 0 Å². The van der Waals surface area contributed by atoms with Crippen molar-refractivity contribution < 1.29 is 30.0 Å². The third-order valence-corrected chi connectivity index (χ3v) is 4.94. The number of thioether (sulfide) groups is 1. The van der Waals surface area contributed by atoms with Gasteiger partial charge in [-0.3, -0.25) is 9.69 Å². The van der Waals surface area contributed by atoms with Gasteiger partial charge >= 0.3 is 5.97 Å². The fraction of sp³-hybridized carbons (Fsp3) is 0.105. The molecule has 2 aromatic carbocycles.